The number of ketones is 1. The SMILES string of the molecule is [3H]C1CC[C@H](CC)C1C(=O)[C@H](C)NC=O. The molecular weight excluding hydrogens is 178 g/mol. The van der Waals surface area contributed by atoms with Gasteiger partial charge < -0.3 is 5.32 Å². The Labute approximate surface area is 86.7 Å². The van der Waals surface area contributed by atoms with Crippen LogP contribution < -0.4 is 5.32 Å². The van der Waals surface area contributed by atoms with Gasteiger partial charge in [-0.05, 0) is 25.7 Å². The van der Waals surface area contributed by atoms with E-state index in [0.717, 1.165) is 19.3 Å². The molecule has 1 aliphatic carbocycles. The van der Waals surface area contributed by atoms with Gasteiger partial charge >= 0.3 is 0 Å². The van der Waals surface area contributed by atoms with Crippen molar-refractivity contribution in [2.75, 3.05) is 0 Å². The van der Waals surface area contributed by atoms with Gasteiger partial charge in [-0.3, -0.25) is 9.59 Å². The molecule has 0 spiro atoms. The van der Waals surface area contributed by atoms with E-state index in [1.54, 1.807) is 6.92 Å². The average Bonchev–Trinajstić information content (AvgIpc) is 2.58. The highest BCUT2D eigenvalue weighted by atomic mass is 16.1. The Bertz CT molecular complexity index is 245. The maximum atomic E-state index is 12.0. The van der Waals surface area contributed by atoms with Crippen LogP contribution in [0.5, 0.6) is 0 Å². The second kappa shape index (κ2) is 5.13. The summed E-state index contributed by atoms with van der Waals surface area (Å²) in [6, 6.07) is -0.451. The lowest BCUT2D eigenvalue weighted by atomic mass is 9.87. The van der Waals surface area contributed by atoms with Crippen molar-refractivity contribution < 1.29 is 11.0 Å². The van der Waals surface area contributed by atoms with E-state index in [0.29, 0.717) is 12.3 Å². The first-order valence-electron chi connectivity index (χ1n) is 5.85. The van der Waals surface area contributed by atoms with Gasteiger partial charge in [0.25, 0.3) is 0 Å². The third-order valence-corrected chi connectivity index (χ3v) is 3.06. The first kappa shape index (κ1) is 9.69. The predicted molar refractivity (Wildman–Crippen MR) is 54.8 cm³/mol. The molecule has 0 saturated heterocycles. The van der Waals surface area contributed by atoms with Gasteiger partial charge in [-0.1, -0.05) is 19.8 Å². The van der Waals surface area contributed by atoms with Crippen LogP contribution in [0.15, 0.2) is 0 Å². The Balaban J connectivity index is 2.67. The summed E-state index contributed by atoms with van der Waals surface area (Å²) in [6.45, 7) is 3.75. The standard InChI is InChI=1S/C11H19NO2/c1-3-9-5-4-6-10(9)11(14)8(2)12-7-13/h7-10H,3-6H2,1-2H3,(H,12,13)/t8-,9-,10?/m0/s1/i6T/t6?,8-,9-,10?. The Morgan fingerprint density at radius 3 is 3.07 bits per heavy atom. The van der Waals surface area contributed by atoms with Crippen LogP contribution in [-0.4, -0.2) is 18.2 Å². The molecule has 14 heavy (non-hydrogen) atoms. The van der Waals surface area contributed by atoms with E-state index >= 15 is 0 Å². The van der Waals surface area contributed by atoms with E-state index in [2.05, 4.69) is 12.2 Å². The zero-order valence-corrected chi connectivity index (χ0v) is 8.82. The second-order valence-electron chi connectivity index (χ2n) is 3.92. The highest BCUT2D eigenvalue weighted by Gasteiger charge is 2.33. The fraction of sp³-hybridized carbons (Fsp3) is 0.818. The highest BCUT2D eigenvalue weighted by molar-refractivity contribution is 5.87. The summed E-state index contributed by atoms with van der Waals surface area (Å²) in [5, 5.41) is 2.47. The van der Waals surface area contributed by atoms with Gasteiger partial charge in [-0.2, -0.15) is 0 Å². The third kappa shape index (κ3) is 2.34. The molecule has 0 aromatic carbocycles. The number of amides is 1. The van der Waals surface area contributed by atoms with Crippen molar-refractivity contribution in [3.63, 3.8) is 0 Å². The smallest absolute Gasteiger partial charge is 0.207 e. The molecule has 0 bridgehead atoms. The first-order valence-corrected chi connectivity index (χ1v) is 5.27. The number of Topliss-reactive ketones (excluding diaryl/α,β-unsaturated/α-hetero) is 1. The quantitative estimate of drug-likeness (QED) is 0.682. The predicted octanol–water partition coefficient (Wildman–Crippen LogP) is 1.52. The molecule has 1 saturated carbocycles. The summed E-state index contributed by atoms with van der Waals surface area (Å²) in [6.07, 6.45) is 2.99. The molecule has 0 aromatic heterocycles. The van der Waals surface area contributed by atoms with Gasteiger partial charge in [0.05, 0.1) is 6.04 Å². The first-order chi connectivity index (χ1) is 7.11. The molecule has 1 N–H and O–H groups in total. The van der Waals surface area contributed by atoms with E-state index < -0.39 is 6.04 Å². The largest absolute Gasteiger partial charge is 0.349 e. The van der Waals surface area contributed by atoms with Gasteiger partial charge in [0, 0.05) is 7.29 Å². The fourth-order valence-corrected chi connectivity index (χ4v) is 2.14. The maximum Gasteiger partial charge on any atom is 0.207 e. The molecule has 1 rings (SSSR count). The molecule has 80 valence electrons. The molecule has 4 atom stereocenters. The molecular formula is C11H19NO2. The van der Waals surface area contributed by atoms with E-state index in [4.69, 9.17) is 1.37 Å². The lowest BCUT2D eigenvalue weighted by Crippen LogP contribution is -2.38. The van der Waals surface area contributed by atoms with Crippen molar-refractivity contribution in [1.29, 1.82) is 0 Å². The van der Waals surface area contributed by atoms with Crippen LogP contribution in [0.1, 0.15) is 40.9 Å². The van der Waals surface area contributed by atoms with E-state index in [1.807, 2.05) is 0 Å². The zero-order valence-electron chi connectivity index (χ0n) is 9.82. The third-order valence-electron chi connectivity index (χ3n) is 3.06. The van der Waals surface area contributed by atoms with Crippen LogP contribution in [0, 0.1) is 11.8 Å². The monoisotopic (exact) mass is 199 g/mol. The van der Waals surface area contributed by atoms with Gasteiger partial charge in [0.1, 0.15) is 0 Å². The molecule has 3 heteroatoms. The van der Waals surface area contributed by atoms with Crippen LogP contribution in [0.3, 0.4) is 0 Å². The minimum Gasteiger partial charge on any atom is -0.349 e. The number of carbonyl (C=O) groups excluding carboxylic acids is 2. The van der Waals surface area contributed by atoms with Crippen molar-refractivity contribution in [3.8, 4) is 0 Å². The second-order valence-corrected chi connectivity index (χ2v) is 3.92. The minimum atomic E-state index is -0.451. The van der Waals surface area contributed by atoms with Crippen LogP contribution in [0.25, 0.3) is 0 Å². The van der Waals surface area contributed by atoms with Crippen LogP contribution in [0.2, 0.25) is 0 Å². The van der Waals surface area contributed by atoms with Gasteiger partial charge in [-0.25, -0.2) is 0 Å². The molecule has 2 unspecified atom stereocenters. The topological polar surface area (TPSA) is 46.2 Å². The van der Waals surface area contributed by atoms with Gasteiger partial charge in [0.15, 0.2) is 5.78 Å². The van der Waals surface area contributed by atoms with E-state index in [1.165, 1.54) is 0 Å². The van der Waals surface area contributed by atoms with E-state index in [-0.39, 0.29) is 18.1 Å². The van der Waals surface area contributed by atoms with Crippen LogP contribution >= 0.6 is 0 Å². The molecule has 1 fully saturated rings. The zero-order chi connectivity index (χ0) is 11.4. The number of rotatable bonds is 5. The molecule has 0 heterocycles. The Morgan fingerprint density at radius 1 is 1.79 bits per heavy atom. The van der Waals surface area contributed by atoms with E-state index in [9.17, 15) is 9.59 Å². The van der Waals surface area contributed by atoms with Crippen LogP contribution in [-0.2, 0) is 9.59 Å². The number of hydrogen-bond donors (Lipinski definition) is 1. The summed E-state index contributed by atoms with van der Waals surface area (Å²) in [4.78, 5) is 22.2. The summed E-state index contributed by atoms with van der Waals surface area (Å²) in [7, 11) is 0. The fourth-order valence-electron chi connectivity index (χ4n) is 2.14. The lowest BCUT2D eigenvalue weighted by Gasteiger charge is -2.20. The molecule has 3 nitrogen and oxygen atoms in total. The Kier molecular flexibility index (Phi) is 3.55. The van der Waals surface area contributed by atoms with Crippen molar-refractivity contribution in [2.45, 2.75) is 45.5 Å². The average molecular weight is 199 g/mol. The molecule has 0 radical (unpaired) electrons. The maximum absolute atomic E-state index is 12.0. The Hall–Kier alpha value is -0.860. The number of hydrogen-bond acceptors (Lipinski definition) is 2. The van der Waals surface area contributed by atoms with Gasteiger partial charge in [0.2, 0.25) is 6.41 Å². The summed E-state index contributed by atoms with van der Waals surface area (Å²) < 4.78 is 7.84. The molecule has 1 amide bonds. The van der Waals surface area contributed by atoms with Crippen molar-refractivity contribution in [1.82, 2.24) is 5.32 Å². The molecule has 0 aliphatic heterocycles. The van der Waals surface area contributed by atoms with Crippen LogP contribution in [0.4, 0.5) is 0 Å². The lowest BCUT2D eigenvalue weighted by molar-refractivity contribution is -0.127. The van der Waals surface area contributed by atoms with Crippen molar-refractivity contribution >= 4 is 12.2 Å². The normalized spacial score (nSPS) is 34.7. The summed E-state index contributed by atoms with van der Waals surface area (Å²) in [5.41, 5.74) is 0. The van der Waals surface area contributed by atoms with Crippen molar-refractivity contribution in [3.05, 3.63) is 0 Å². The number of nitrogens with one attached hydrogen (secondary N) is 1. The Morgan fingerprint density at radius 2 is 2.50 bits per heavy atom. The summed E-state index contributed by atoms with van der Waals surface area (Å²) >= 11 is 0. The number of carbonyl (C=O) groups is 2. The summed E-state index contributed by atoms with van der Waals surface area (Å²) in [5.74, 6) is 0.166. The highest BCUT2D eigenvalue weighted by Crippen LogP contribution is 2.35. The van der Waals surface area contributed by atoms with Gasteiger partial charge in [-0.15, -0.1) is 0 Å². The minimum absolute atomic E-state index is 0.0199. The molecule has 0 aromatic rings. The molecule has 1 aliphatic rings. The van der Waals surface area contributed by atoms with Crippen molar-refractivity contribution in [2.24, 2.45) is 11.8 Å².